The summed E-state index contributed by atoms with van der Waals surface area (Å²) in [7, 11) is 3.77. The number of hydrogen-bond donors (Lipinski definition) is 1. The molecule has 1 aromatic carbocycles. The summed E-state index contributed by atoms with van der Waals surface area (Å²) in [4.78, 5) is 12.0. The van der Waals surface area contributed by atoms with Crippen molar-refractivity contribution in [3.63, 3.8) is 0 Å². The molecular formula is C9H13N3O2. The van der Waals surface area contributed by atoms with Crippen LogP contribution >= 0.6 is 0 Å². The zero-order valence-electron chi connectivity index (χ0n) is 8.23. The molecule has 0 radical (unpaired) electrons. The van der Waals surface area contributed by atoms with E-state index in [-0.39, 0.29) is 11.4 Å². The number of nitrogen functional groups attached to an aromatic ring is 1. The van der Waals surface area contributed by atoms with Gasteiger partial charge in [0.25, 0.3) is 5.69 Å². The molecule has 0 heterocycles. The van der Waals surface area contributed by atoms with Crippen LogP contribution in [0.15, 0.2) is 18.2 Å². The Morgan fingerprint density at radius 2 is 2.14 bits per heavy atom. The lowest BCUT2D eigenvalue weighted by molar-refractivity contribution is -0.383. The van der Waals surface area contributed by atoms with Gasteiger partial charge >= 0.3 is 0 Å². The third kappa shape index (κ3) is 2.20. The van der Waals surface area contributed by atoms with E-state index in [1.807, 2.05) is 19.0 Å². The number of rotatable bonds is 3. The lowest BCUT2D eigenvalue weighted by Gasteiger charge is -2.11. The molecule has 5 heteroatoms. The van der Waals surface area contributed by atoms with Crippen molar-refractivity contribution >= 4 is 11.4 Å². The molecule has 2 N–H and O–H groups in total. The van der Waals surface area contributed by atoms with Gasteiger partial charge in [0.1, 0.15) is 5.69 Å². The Kier molecular flexibility index (Phi) is 3.03. The minimum atomic E-state index is -0.464. The Balaban J connectivity index is 3.07. The predicted molar refractivity (Wildman–Crippen MR) is 54.9 cm³/mol. The normalized spacial score (nSPS) is 10.5. The first-order valence-corrected chi connectivity index (χ1v) is 4.19. The minimum absolute atomic E-state index is 0.0237. The van der Waals surface area contributed by atoms with Gasteiger partial charge in [0.15, 0.2) is 0 Å². The number of nitrogens with zero attached hydrogens (tertiary/aromatic N) is 2. The molecule has 1 aromatic rings. The molecule has 0 atom stereocenters. The summed E-state index contributed by atoms with van der Waals surface area (Å²) in [6.07, 6.45) is 0. The highest BCUT2D eigenvalue weighted by Crippen LogP contribution is 2.25. The number of anilines is 1. The fourth-order valence-corrected chi connectivity index (χ4v) is 1.24. The Morgan fingerprint density at radius 3 is 2.64 bits per heavy atom. The first-order chi connectivity index (χ1) is 6.52. The molecule has 0 aliphatic carbocycles. The number of para-hydroxylation sites is 1. The number of nitro benzene ring substituents is 1. The summed E-state index contributed by atoms with van der Waals surface area (Å²) in [5.41, 5.74) is 6.68. The van der Waals surface area contributed by atoms with Crippen LogP contribution in [0.1, 0.15) is 5.56 Å². The molecule has 1 rings (SSSR count). The molecule has 0 aromatic heterocycles. The van der Waals surface area contributed by atoms with Crippen LogP contribution in [0.25, 0.3) is 0 Å². The molecule has 0 spiro atoms. The largest absolute Gasteiger partial charge is 0.393 e. The second kappa shape index (κ2) is 4.06. The average molecular weight is 195 g/mol. The van der Waals surface area contributed by atoms with E-state index >= 15 is 0 Å². The topological polar surface area (TPSA) is 72.4 Å². The van der Waals surface area contributed by atoms with Gasteiger partial charge in [-0.2, -0.15) is 0 Å². The monoisotopic (exact) mass is 195 g/mol. The summed E-state index contributed by atoms with van der Waals surface area (Å²) >= 11 is 0. The van der Waals surface area contributed by atoms with Gasteiger partial charge in [0, 0.05) is 12.6 Å². The molecule has 0 unspecified atom stereocenters. The van der Waals surface area contributed by atoms with Crippen molar-refractivity contribution in [2.75, 3.05) is 19.8 Å². The van der Waals surface area contributed by atoms with Crippen molar-refractivity contribution in [1.82, 2.24) is 4.90 Å². The fraction of sp³-hybridized carbons (Fsp3) is 0.333. The summed E-state index contributed by atoms with van der Waals surface area (Å²) in [6.45, 7) is 0.605. The van der Waals surface area contributed by atoms with E-state index in [2.05, 4.69) is 0 Å². The first-order valence-electron chi connectivity index (χ1n) is 4.19. The van der Waals surface area contributed by atoms with Crippen LogP contribution in [0, 0.1) is 10.1 Å². The molecule has 76 valence electrons. The van der Waals surface area contributed by atoms with Crippen molar-refractivity contribution in [3.05, 3.63) is 33.9 Å². The number of nitro groups is 1. The van der Waals surface area contributed by atoms with E-state index in [0.717, 1.165) is 5.56 Å². The van der Waals surface area contributed by atoms with Crippen LogP contribution in [0.5, 0.6) is 0 Å². The molecule has 0 saturated carbocycles. The lowest BCUT2D eigenvalue weighted by atomic mass is 10.1. The Morgan fingerprint density at radius 1 is 1.50 bits per heavy atom. The van der Waals surface area contributed by atoms with Gasteiger partial charge in [0.05, 0.1) is 4.92 Å². The van der Waals surface area contributed by atoms with E-state index in [0.29, 0.717) is 6.54 Å². The van der Waals surface area contributed by atoms with Crippen molar-refractivity contribution in [2.24, 2.45) is 0 Å². The summed E-state index contributed by atoms with van der Waals surface area (Å²) < 4.78 is 0. The Labute approximate surface area is 82.3 Å². The van der Waals surface area contributed by atoms with Crippen molar-refractivity contribution < 1.29 is 4.92 Å². The van der Waals surface area contributed by atoms with Crippen LogP contribution in [0.2, 0.25) is 0 Å². The molecule has 0 amide bonds. The van der Waals surface area contributed by atoms with Gasteiger partial charge in [-0.3, -0.25) is 10.1 Å². The van der Waals surface area contributed by atoms with Crippen molar-refractivity contribution in [2.45, 2.75) is 6.54 Å². The van der Waals surface area contributed by atoms with Gasteiger partial charge in [0.2, 0.25) is 0 Å². The fourth-order valence-electron chi connectivity index (χ4n) is 1.24. The second-order valence-corrected chi connectivity index (χ2v) is 3.34. The standard InChI is InChI=1S/C9H13N3O2/c1-11(2)6-7-4-3-5-8(9(7)10)12(13)14/h3-5H,6,10H2,1-2H3. The molecular weight excluding hydrogens is 182 g/mol. The van der Waals surface area contributed by atoms with Gasteiger partial charge in [-0.05, 0) is 19.7 Å². The van der Waals surface area contributed by atoms with Crippen LogP contribution < -0.4 is 5.73 Å². The molecule has 5 nitrogen and oxygen atoms in total. The van der Waals surface area contributed by atoms with Crippen molar-refractivity contribution in [1.29, 1.82) is 0 Å². The van der Waals surface area contributed by atoms with E-state index in [1.165, 1.54) is 6.07 Å². The maximum Gasteiger partial charge on any atom is 0.292 e. The second-order valence-electron chi connectivity index (χ2n) is 3.34. The third-order valence-corrected chi connectivity index (χ3v) is 1.86. The first kappa shape index (κ1) is 10.5. The van der Waals surface area contributed by atoms with E-state index in [9.17, 15) is 10.1 Å². The number of hydrogen-bond acceptors (Lipinski definition) is 4. The predicted octanol–water partition coefficient (Wildman–Crippen LogP) is 1.24. The Bertz CT molecular complexity index is 350. The van der Waals surface area contributed by atoms with Crippen LogP contribution in [-0.4, -0.2) is 23.9 Å². The third-order valence-electron chi connectivity index (χ3n) is 1.86. The minimum Gasteiger partial charge on any atom is -0.393 e. The van der Waals surface area contributed by atoms with E-state index in [4.69, 9.17) is 5.73 Å². The van der Waals surface area contributed by atoms with Gasteiger partial charge < -0.3 is 10.6 Å². The highest BCUT2D eigenvalue weighted by molar-refractivity contribution is 5.62. The van der Waals surface area contributed by atoms with Crippen LogP contribution in [0.4, 0.5) is 11.4 Å². The number of benzene rings is 1. The zero-order valence-corrected chi connectivity index (χ0v) is 8.23. The summed E-state index contributed by atoms with van der Waals surface area (Å²) in [5.74, 6) is 0. The van der Waals surface area contributed by atoms with E-state index in [1.54, 1.807) is 12.1 Å². The molecule has 0 saturated heterocycles. The summed E-state index contributed by atoms with van der Waals surface area (Å²) in [6, 6.07) is 4.85. The highest BCUT2D eigenvalue weighted by atomic mass is 16.6. The molecule has 0 aliphatic heterocycles. The van der Waals surface area contributed by atoms with Crippen LogP contribution in [-0.2, 0) is 6.54 Å². The van der Waals surface area contributed by atoms with E-state index < -0.39 is 4.92 Å². The average Bonchev–Trinajstić information content (AvgIpc) is 2.07. The quantitative estimate of drug-likeness (QED) is 0.447. The van der Waals surface area contributed by atoms with Gasteiger partial charge in [-0.15, -0.1) is 0 Å². The molecule has 0 bridgehead atoms. The summed E-state index contributed by atoms with van der Waals surface area (Å²) in [5, 5.41) is 10.6. The smallest absolute Gasteiger partial charge is 0.292 e. The maximum atomic E-state index is 10.6. The lowest BCUT2D eigenvalue weighted by Crippen LogP contribution is -2.12. The molecule has 0 aliphatic rings. The molecule has 0 fully saturated rings. The molecule has 14 heavy (non-hydrogen) atoms. The number of nitrogens with two attached hydrogens (primary N) is 1. The van der Waals surface area contributed by atoms with Gasteiger partial charge in [-0.1, -0.05) is 12.1 Å². The SMILES string of the molecule is CN(C)Cc1cccc([N+](=O)[O-])c1N. The van der Waals surface area contributed by atoms with Crippen LogP contribution in [0.3, 0.4) is 0 Å². The van der Waals surface area contributed by atoms with Crippen molar-refractivity contribution in [3.8, 4) is 0 Å². The zero-order chi connectivity index (χ0) is 10.7. The maximum absolute atomic E-state index is 10.6. The highest BCUT2D eigenvalue weighted by Gasteiger charge is 2.13. The van der Waals surface area contributed by atoms with Gasteiger partial charge in [-0.25, -0.2) is 0 Å². The Hall–Kier alpha value is -1.62.